The number of benzene rings is 3. The van der Waals surface area contributed by atoms with Crippen LogP contribution in [0.2, 0.25) is 0 Å². The van der Waals surface area contributed by atoms with Crippen LogP contribution in [0.3, 0.4) is 0 Å². The number of aromatic hydroxyl groups is 1. The molecule has 3 aliphatic rings. The number of hydrogen-bond donors (Lipinski definition) is 2. The minimum absolute atomic E-state index is 0.0181. The number of phenolic OH excluding ortho intramolecular Hbond substituents is 1. The monoisotopic (exact) mass is 520 g/mol. The largest absolute Gasteiger partial charge is 0.502 e. The van der Waals surface area contributed by atoms with Gasteiger partial charge < -0.3 is 34.1 Å². The lowest BCUT2D eigenvalue weighted by atomic mass is 9.65. The highest BCUT2D eigenvalue weighted by Gasteiger charge is 2.52. The number of hydrogen-bond acceptors (Lipinski definition) is 10. The third-order valence-corrected chi connectivity index (χ3v) is 7.45. The minimum atomic E-state index is -0.572. The molecule has 3 aromatic carbocycles. The highest BCUT2D eigenvalue weighted by Crippen LogP contribution is 2.56. The Labute approximate surface area is 217 Å². The third kappa shape index (κ3) is 3.69. The average Bonchev–Trinajstić information content (AvgIpc) is 3.54. The number of anilines is 1. The maximum absolute atomic E-state index is 13.2. The zero-order chi connectivity index (χ0) is 26.6. The van der Waals surface area contributed by atoms with Crippen LogP contribution in [-0.2, 0) is 9.53 Å². The number of nitro benzene ring substituents is 1. The molecule has 1 saturated heterocycles. The lowest BCUT2D eigenvalue weighted by molar-refractivity contribution is -0.384. The number of ether oxygens (including phenoxy) is 5. The van der Waals surface area contributed by atoms with E-state index in [1.54, 1.807) is 24.3 Å². The molecule has 0 radical (unpaired) electrons. The average molecular weight is 520 g/mol. The topological polar surface area (TPSA) is 139 Å². The molecule has 0 saturated carbocycles. The second-order valence-corrected chi connectivity index (χ2v) is 9.33. The van der Waals surface area contributed by atoms with Crippen LogP contribution in [0, 0.1) is 22.0 Å². The first-order chi connectivity index (χ1) is 18.4. The minimum Gasteiger partial charge on any atom is -0.502 e. The second-order valence-electron chi connectivity index (χ2n) is 9.33. The summed E-state index contributed by atoms with van der Waals surface area (Å²) in [6.07, 6.45) is 0. The van der Waals surface area contributed by atoms with Crippen LogP contribution in [-0.4, -0.2) is 43.6 Å². The number of nitro groups is 1. The summed E-state index contributed by atoms with van der Waals surface area (Å²) in [5.74, 6) is -0.204. The smallest absolute Gasteiger partial charge is 0.310 e. The number of esters is 1. The van der Waals surface area contributed by atoms with Crippen molar-refractivity contribution in [1.29, 1.82) is 0 Å². The van der Waals surface area contributed by atoms with Crippen molar-refractivity contribution in [3.05, 3.63) is 75.3 Å². The van der Waals surface area contributed by atoms with E-state index in [0.717, 1.165) is 11.1 Å². The molecule has 3 aromatic rings. The molecule has 196 valence electrons. The number of rotatable bonds is 6. The Bertz CT molecular complexity index is 1410. The van der Waals surface area contributed by atoms with Gasteiger partial charge in [-0.1, -0.05) is 0 Å². The fraction of sp³-hybridized carbons (Fsp3) is 0.296. The molecule has 1 aliphatic carbocycles. The number of carbonyl (C=O) groups excluding carboxylic acids is 1. The fourth-order valence-electron chi connectivity index (χ4n) is 5.70. The number of methoxy groups -OCH3 is 2. The molecule has 11 heteroatoms. The Morgan fingerprint density at radius 1 is 0.974 bits per heavy atom. The Kier molecular flexibility index (Phi) is 5.63. The Morgan fingerprint density at radius 3 is 2.21 bits per heavy atom. The van der Waals surface area contributed by atoms with E-state index in [1.807, 2.05) is 12.1 Å². The van der Waals surface area contributed by atoms with E-state index < -0.39 is 16.8 Å². The normalized spacial score (nSPS) is 22.7. The van der Waals surface area contributed by atoms with Crippen molar-refractivity contribution in [3.8, 4) is 28.7 Å². The lowest BCUT2D eigenvalue weighted by Gasteiger charge is -2.40. The summed E-state index contributed by atoms with van der Waals surface area (Å²) in [6, 6.07) is 12.9. The van der Waals surface area contributed by atoms with Crippen LogP contribution in [0.15, 0.2) is 48.5 Å². The van der Waals surface area contributed by atoms with Gasteiger partial charge in [-0.3, -0.25) is 14.9 Å². The van der Waals surface area contributed by atoms with Gasteiger partial charge in [-0.2, -0.15) is 0 Å². The van der Waals surface area contributed by atoms with E-state index in [0.29, 0.717) is 22.7 Å². The van der Waals surface area contributed by atoms with E-state index in [2.05, 4.69) is 5.32 Å². The Hall–Kier alpha value is -4.67. The van der Waals surface area contributed by atoms with Crippen molar-refractivity contribution in [2.75, 3.05) is 32.9 Å². The molecule has 2 N–H and O–H groups in total. The summed E-state index contributed by atoms with van der Waals surface area (Å²) < 4.78 is 27.7. The van der Waals surface area contributed by atoms with Gasteiger partial charge in [-0.25, -0.2) is 0 Å². The zero-order valence-corrected chi connectivity index (χ0v) is 20.5. The van der Waals surface area contributed by atoms with E-state index in [4.69, 9.17) is 23.7 Å². The number of cyclic esters (lactones) is 1. The quantitative estimate of drug-likeness (QED) is 0.277. The molecular weight excluding hydrogens is 496 g/mol. The van der Waals surface area contributed by atoms with Gasteiger partial charge in [0.1, 0.15) is 0 Å². The standard InChI is InChI=1S/C27H24N2O9/c1-34-21-7-13(8-22(35-2)26(21)30)23-16-9-19-20(38-12-37-19)10-17(16)25(18-11-36-27(31)24(18)23)28-14-3-5-15(6-4-14)29(32)33/h3-10,18,23-25,28,30H,11-12H2,1-2H3/t18-,23-,24-,25-/m0/s1. The molecule has 0 bridgehead atoms. The van der Waals surface area contributed by atoms with Crippen molar-refractivity contribution in [3.63, 3.8) is 0 Å². The number of phenols is 1. The number of fused-ring (bicyclic) bond motifs is 3. The van der Waals surface area contributed by atoms with Gasteiger partial charge >= 0.3 is 5.97 Å². The summed E-state index contributed by atoms with van der Waals surface area (Å²) in [6.45, 7) is 0.268. The van der Waals surface area contributed by atoms with Crippen molar-refractivity contribution < 1.29 is 38.5 Å². The van der Waals surface area contributed by atoms with Gasteiger partial charge in [0.25, 0.3) is 5.69 Å². The van der Waals surface area contributed by atoms with Crippen molar-refractivity contribution in [1.82, 2.24) is 0 Å². The summed E-state index contributed by atoms with van der Waals surface area (Å²) >= 11 is 0. The first-order valence-electron chi connectivity index (χ1n) is 12.0. The van der Waals surface area contributed by atoms with Crippen LogP contribution in [0.4, 0.5) is 11.4 Å². The molecule has 6 rings (SSSR count). The SMILES string of the molecule is COc1cc([C@H]2c3cc4c(cc3[C@H](Nc3ccc([N+](=O)[O-])cc3)[C@H]3COC(=O)[C@H]23)OCO4)cc(OC)c1O. The molecule has 0 spiro atoms. The highest BCUT2D eigenvalue weighted by atomic mass is 16.7. The van der Waals surface area contributed by atoms with Crippen molar-refractivity contribution in [2.24, 2.45) is 11.8 Å². The summed E-state index contributed by atoms with van der Waals surface area (Å²) in [5.41, 5.74) is 3.05. The number of nitrogens with zero attached hydrogens (tertiary/aromatic N) is 1. The van der Waals surface area contributed by atoms with E-state index in [-0.39, 0.29) is 54.3 Å². The second kappa shape index (κ2) is 9.02. The van der Waals surface area contributed by atoms with Crippen molar-refractivity contribution >= 4 is 17.3 Å². The van der Waals surface area contributed by atoms with Gasteiger partial charge in [0.2, 0.25) is 12.5 Å². The van der Waals surface area contributed by atoms with Gasteiger partial charge in [0, 0.05) is 29.7 Å². The Balaban J connectivity index is 1.51. The van der Waals surface area contributed by atoms with Crippen LogP contribution in [0.1, 0.15) is 28.7 Å². The molecule has 2 aliphatic heterocycles. The first kappa shape index (κ1) is 23.7. The van der Waals surface area contributed by atoms with Crippen LogP contribution in [0.25, 0.3) is 0 Å². The predicted molar refractivity (Wildman–Crippen MR) is 133 cm³/mol. The number of non-ortho nitro benzene ring substituents is 1. The molecule has 1 fully saturated rings. The van der Waals surface area contributed by atoms with Crippen molar-refractivity contribution in [2.45, 2.75) is 12.0 Å². The van der Waals surface area contributed by atoms with Crippen LogP contribution < -0.4 is 24.3 Å². The van der Waals surface area contributed by atoms with Gasteiger partial charge in [0.05, 0.1) is 37.7 Å². The van der Waals surface area contributed by atoms with Crippen LogP contribution >= 0.6 is 0 Å². The summed E-state index contributed by atoms with van der Waals surface area (Å²) in [5, 5.41) is 25.1. The van der Waals surface area contributed by atoms with Gasteiger partial charge in [0.15, 0.2) is 23.0 Å². The van der Waals surface area contributed by atoms with E-state index >= 15 is 0 Å². The number of nitrogens with one attached hydrogen (secondary N) is 1. The molecule has 0 unspecified atom stereocenters. The molecule has 11 nitrogen and oxygen atoms in total. The van der Waals surface area contributed by atoms with Crippen LogP contribution in [0.5, 0.6) is 28.7 Å². The molecule has 4 atom stereocenters. The molecular formula is C27H24N2O9. The van der Waals surface area contributed by atoms with E-state index in [9.17, 15) is 20.0 Å². The van der Waals surface area contributed by atoms with Gasteiger partial charge in [-0.15, -0.1) is 0 Å². The summed E-state index contributed by atoms with van der Waals surface area (Å²) in [4.78, 5) is 23.9. The molecule has 0 amide bonds. The summed E-state index contributed by atoms with van der Waals surface area (Å²) in [7, 11) is 2.89. The maximum Gasteiger partial charge on any atom is 0.310 e. The Morgan fingerprint density at radius 2 is 1.61 bits per heavy atom. The lowest BCUT2D eigenvalue weighted by Crippen LogP contribution is -2.37. The molecule has 38 heavy (non-hydrogen) atoms. The predicted octanol–water partition coefficient (Wildman–Crippen LogP) is 4.13. The third-order valence-electron chi connectivity index (χ3n) is 7.45. The molecule has 0 aromatic heterocycles. The first-order valence-corrected chi connectivity index (χ1v) is 12.0. The van der Waals surface area contributed by atoms with Gasteiger partial charge in [-0.05, 0) is 53.1 Å². The van der Waals surface area contributed by atoms with E-state index in [1.165, 1.54) is 26.4 Å². The fourth-order valence-corrected chi connectivity index (χ4v) is 5.70. The molecule has 2 heterocycles. The highest BCUT2D eigenvalue weighted by molar-refractivity contribution is 5.79. The maximum atomic E-state index is 13.2. The number of carbonyl (C=O) groups is 1. The zero-order valence-electron chi connectivity index (χ0n) is 20.5.